The quantitative estimate of drug-likeness (QED) is 0.257. The van der Waals surface area contributed by atoms with Gasteiger partial charge in [0.2, 0.25) is 0 Å². The van der Waals surface area contributed by atoms with Crippen LogP contribution in [0.3, 0.4) is 0 Å². The first-order valence-electron chi connectivity index (χ1n) is 16.5. The minimum Gasteiger partial charge on any atom is -0.368 e. The molecule has 10 nitrogen and oxygen atoms in total. The molecular formula is C37H34ClF3N8O2. The van der Waals surface area contributed by atoms with Crippen molar-refractivity contribution in [2.45, 2.75) is 6.18 Å². The molecule has 51 heavy (non-hydrogen) atoms. The zero-order chi connectivity index (χ0) is 35.5. The third kappa shape index (κ3) is 7.75. The molecule has 2 fully saturated rings. The lowest BCUT2D eigenvalue weighted by molar-refractivity contribution is -0.137. The van der Waals surface area contributed by atoms with Gasteiger partial charge in [-0.25, -0.2) is 9.97 Å². The van der Waals surface area contributed by atoms with Crippen molar-refractivity contribution < 1.29 is 13.2 Å². The van der Waals surface area contributed by atoms with E-state index in [1.807, 2.05) is 36.5 Å². The molecule has 0 bridgehead atoms. The van der Waals surface area contributed by atoms with E-state index in [2.05, 4.69) is 30.4 Å². The number of benzene rings is 2. The number of anilines is 2. The summed E-state index contributed by atoms with van der Waals surface area (Å²) in [4.78, 5) is 38.5. The number of pyridine rings is 2. The van der Waals surface area contributed by atoms with Crippen LogP contribution in [-0.4, -0.2) is 71.1 Å². The van der Waals surface area contributed by atoms with Crippen molar-refractivity contribution >= 4 is 34.3 Å². The Morgan fingerprint density at radius 2 is 1.10 bits per heavy atom. The highest BCUT2D eigenvalue weighted by atomic mass is 35.5. The molecule has 2 aliphatic rings. The fourth-order valence-electron chi connectivity index (χ4n) is 6.17. The highest BCUT2D eigenvalue weighted by molar-refractivity contribution is 6.30. The normalized spacial score (nSPS) is 15.1. The second-order valence-corrected chi connectivity index (χ2v) is 12.7. The van der Waals surface area contributed by atoms with Gasteiger partial charge in [0.25, 0.3) is 11.1 Å². The van der Waals surface area contributed by atoms with Gasteiger partial charge in [-0.1, -0.05) is 35.9 Å². The molecule has 4 aromatic heterocycles. The lowest BCUT2D eigenvalue weighted by Crippen LogP contribution is -2.43. The number of nitrogens with one attached hydrogen (secondary N) is 2. The van der Waals surface area contributed by atoms with E-state index in [0.29, 0.717) is 22.0 Å². The van der Waals surface area contributed by atoms with Crippen molar-refractivity contribution in [2.24, 2.45) is 0 Å². The number of fused-ring (bicyclic) bond motifs is 2. The third-order valence-electron chi connectivity index (χ3n) is 8.88. The number of aromatic nitrogens is 4. The summed E-state index contributed by atoms with van der Waals surface area (Å²) in [6.07, 6.45) is -0.840. The van der Waals surface area contributed by atoms with Crippen LogP contribution in [0.25, 0.3) is 33.8 Å². The van der Waals surface area contributed by atoms with E-state index in [1.54, 1.807) is 34.9 Å². The van der Waals surface area contributed by atoms with Crippen molar-refractivity contribution in [3.8, 4) is 22.5 Å². The van der Waals surface area contributed by atoms with E-state index >= 15 is 0 Å². The van der Waals surface area contributed by atoms with Crippen LogP contribution in [-0.2, 0) is 6.18 Å². The summed E-state index contributed by atoms with van der Waals surface area (Å²) in [5, 5.41) is 7.27. The van der Waals surface area contributed by atoms with Crippen LogP contribution in [0, 0.1) is 0 Å². The Hall–Kier alpha value is -5.24. The number of hydrogen-bond donors (Lipinski definition) is 2. The van der Waals surface area contributed by atoms with Crippen molar-refractivity contribution in [3.63, 3.8) is 0 Å². The molecule has 14 heteroatoms. The second kappa shape index (κ2) is 14.5. The first-order valence-corrected chi connectivity index (χ1v) is 16.9. The summed E-state index contributed by atoms with van der Waals surface area (Å²) in [6, 6.07) is 22.5. The van der Waals surface area contributed by atoms with Gasteiger partial charge < -0.3 is 20.4 Å². The van der Waals surface area contributed by atoms with E-state index in [9.17, 15) is 22.8 Å². The molecule has 6 heterocycles. The van der Waals surface area contributed by atoms with E-state index < -0.39 is 11.7 Å². The molecule has 6 aromatic rings. The van der Waals surface area contributed by atoms with Gasteiger partial charge in [0, 0.05) is 93.0 Å². The molecule has 8 rings (SSSR count). The smallest absolute Gasteiger partial charge is 0.368 e. The molecular weight excluding hydrogens is 681 g/mol. The van der Waals surface area contributed by atoms with Crippen LogP contribution in [0.1, 0.15) is 5.56 Å². The van der Waals surface area contributed by atoms with Gasteiger partial charge >= 0.3 is 6.18 Å². The van der Waals surface area contributed by atoms with E-state index in [4.69, 9.17) is 11.6 Å². The Morgan fingerprint density at radius 1 is 0.608 bits per heavy atom. The van der Waals surface area contributed by atoms with Gasteiger partial charge in [-0.05, 0) is 48.5 Å². The molecule has 2 saturated heterocycles. The Bertz CT molecular complexity index is 2300. The Labute approximate surface area is 295 Å². The maximum absolute atomic E-state index is 12.9. The second-order valence-electron chi connectivity index (χ2n) is 12.2. The minimum atomic E-state index is -4.44. The average molecular weight is 715 g/mol. The Kier molecular flexibility index (Phi) is 9.76. The van der Waals surface area contributed by atoms with Gasteiger partial charge in [0.05, 0.1) is 28.3 Å². The monoisotopic (exact) mass is 714 g/mol. The van der Waals surface area contributed by atoms with Crippen molar-refractivity contribution in [3.05, 3.63) is 129 Å². The minimum absolute atomic E-state index is 0.0815. The van der Waals surface area contributed by atoms with E-state index in [0.717, 1.165) is 81.4 Å². The molecule has 0 atom stereocenters. The Morgan fingerprint density at radius 3 is 1.59 bits per heavy atom. The number of hydrogen-bond acceptors (Lipinski definition) is 8. The summed E-state index contributed by atoms with van der Waals surface area (Å²) in [5.74, 6) is 0. The van der Waals surface area contributed by atoms with Gasteiger partial charge in [-0.3, -0.25) is 18.4 Å². The fraction of sp³-hybridized carbons (Fsp3) is 0.243. The molecule has 262 valence electrons. The summed E-state index contributed by atoms with van der Waals surface area (Å²) < 4.78 is 41.9. The van der Waals surface area contributed by atoms with Crippen molar-refractivity contribution in [1.29, 1.82) is 0 Å². The molecule has 0 aliphatic carbocycles. The maximum atomic E-state index is 12.9. The predicted octanol–water partition coefficient (Wildman–Crippen LogP) is 5.21. The predicted molar refractivity (Wildman–Crippen MR) is 194 cm³/mol. The first-order chi connectivity index (χ1) is 24.6. The molecule has 0 amide bonds. The van der Waals surface area contributed by atoms with Crippen molar-refractivity contribution in [2.75, 3.05) is 62.2 Å². The number of rotatable bonds is 4. The highest BCUT2D eigenvalue weighted by Gasteiger charge is 2.30. The van der Waals surface area contributed by atoms with E-state index in [1.165, 1.54) is 22.6 Å². The van der Waals surface area contributed by atoms with Crippen LogP contribution in [0.2, 0.25) is 5.02 Å². The largest absolute Gasteiger partial charge is 0.416 e. The average Bonchev–Trinajstić information content (AvgIpc) is 3.15. The van der Waals surface area contributed by atoms with Gasteiger partial charge in [0.1, 0.15) is 11.3 Å². The topological polar surface area (TPSA) is 99.3 Å². The summed E-state index contributed by atoms with van der Waals surface area (Å²) >= 11 is 5.92. The lowest BCUT2D eigenvalue weighted by Gasteiger charge is -2.29. The van der Waals surface area contributed by atoms with E-state index in [-0.39, 0.29) is 22.4 Å². The summed E-state index contributed by atoms with van der Waals surface area (Å²) in [6.45, 7) is 7.24. The van der Waals surface area contributed by atoms with Crippen molar-refractivity contribution in [1.82, 2.24) is 29.4 Å². The molecule has 0 unspecified atom stereocenters. The fourth-order valence-corrected chi connectivity index (χ4v) is 6.30. The first kappa shape index (κ1) is 34.2. The van der Waals surface area contributed by atoms with Gasteiger partial charge in [-0.2, -0.15) is 13.2 Å². The molecule has 0 radical (unpaired) electrons. The zero-order valence-corrected chi connectivity index (χ0v) is 28.2. The standard InChI is InChI=1S/C19H17F3N4O.C18H17ClN4O/c20-19(21,22)14-3-1-2-13(10-14)16-11-18(27)26-12-15(4-5-17(26)24-16)25-8-6-23-7-9-25;19-14-3-1-13(2-4-14)16-11-18(24)23-12-15(5-6-17(23)21-16)22-9-7-20-8-10-22/h1-5,10-12,23H,6-9H2;1-6,11-12,20H,7-10H2. The van der Waals surface area contributed by atoms with Gasteiger partial charge in [0.15, 0.2) is 0 Å². The van der Waals surface area contributed by atoms with Crippen LogP contribution in [0.4, 0.5) is 24.5 Å². The van der Waals surface area contributed by atoms with Crippen LogP contribution < -0.4 is 31.6 Å². The maximum Gasteiger partial charge on any atom is 0.416 e. The Balaban J connectivity index is 0.000000160. The number of halogens is 4. The number of alkyl halides is 3. The van der Waals surface area contributed by atoms with Crippen LogP contribution in [0.15, 0.2) is 107 Å². The van der Waals surface area contributed by atoms with Gasteiger partial charge in [-0.15, -0.1) is 0 Å². The SMILES string of the molecule is O=c1cc(-c2ccc(Cl)cc2)nc2ccc(N3CCNCC3)cn12.O=c1cc(-c2cccc(C(F)(F)F)c2)nc2ccc(N3CCNCC3)cn12. The third-order valence-corrected chi connectivity index (χ3v) is 9.13. The molecule has 2 aliphatic heterocycles. The summed E-state index contributed by atoms with van der Waals surface area (Å²) in [7, 11) is 0. The number of nitrogens with zero attached hydrogens (tertiary/aromatic N) is 6. The van der Waals surface area contributed by atoms with Crippen LogP contribution >= 0.6 is 11.6 Å². The van der Waals surface area contributed by atoms with Crippen LogP contribution in [0.5, 0.6) is 0 Å². The molecule has 2 aromatic carbocycles. The highest BCUT2D eigenvalue weighted by Crippen LogP contribution is 2.31. The molecule has 0 spiro atoms. The lowest BCUT2D eigenvalue weighted by atomic mass is 10.1. The number of piperazine rings is 2. The summed E-state index contributed by atoms with van der Waals surface area (Å²) in [5.41, 5.74) is 3.85. The zero-order valence-electron chi connectivity index (χ0n) is 27.4. The molecule has 2 N–H and O–H groups in total. The molecule has 0 saturated carbocycles.